The number of sulfone groups is 1. The zero-order valence-corrected chi connectivity index (χ0v) is 12.5. The molecule has 21 heavy (non-hydrogen) atoms. The molecule has 0 saturated heterocycles. The van der Waals surface area contributed by atoms with Crippen LogP contribution in [0.25, 0.3) is 0 Å². The Morgan fingerprint density at radius 3 is 2.71 bits per heavy atom. The van der Waals surface area contributed by atoms with Gasteiger partial charge in [0, 0.05) is 5.69 Å². The van der Waals surface area contributed by atoms with Crippen molar-refractivity contribution in [1.29, 1.82) is 0 Å². The van der Waals surface area contributed by atoms with E-state index in [1.165, 1.54) is 0 Å². The van der Waals surface area contributed by atoms with Crippen LogP contribution in [0, 0.1) is 6.92 Å². The van der Waals surface area contributed by atoms with Gasteiger partial charge in [0.25, 0.3) is 0 Å². The Kier molecular flexibility index (Phi) is 3.37. The molecular weight excluding hydrogens is 286 g/mol. The molecule has 0 saturated carbocycles. The largest absolute Gasteiger partial charge is 0.508 e. The molecule has 2 aromatic rings. The van der Waals surface area contributed by atoms with Crippen molar-refractivity contribution in [3.8, 4) is 5.75 Å². The Morgan fingerprint density at radius 1 is 1.19 bits per heavy atom. The minimum atomic E-state index is -3.16. The van der Waals surface area contributed by atoms with Crippen molar-refractivity contribution in [3.63, 3.8) is 0 Å². The van der Waals surface area contributed by atoms with Crippen LogP contribution in [0.5, 0.6) is 5.75 Å². The lowest BCUT2D eigenvalue weighted by molar-refractivity contribution is 0.471. The molecule has 0 radical (unpaired) electrons. The Morgan fingerprint density at radius 2 is 1.95 bits per heavy atom. The lowest BCUT2D eigenvalue weighted by Gasteiger charge is -2.27. The third-order valence-electron chi connectivity index (χ3n) is 3.84. The van der Waals surface area contributed by atoms with Crippen LogP contribution < -0.4 is 5.32 Å². The van der Waals surface area contributed by atoms with Crippen molar-refractivity contribution >= 4 is 15.5 Å². The Labute approximate surface area is 124 Å². The summed E-state index contributed by atoms with van der Waals surface area (Å²) in [6.07, 6.45) is 0.541. The number of anilines is 1. The molecule has 5 heteroatoms. The van der Waals surface area contributed by atoms with Crippen molar-refractivity contribution in [2.24, 2.45) is 0 Å². The fourth-order valence-corrected chi connectivity index (χ4v) is 4.31. The highest BCUT2D eigenvalue weighted by Crippen LogP contribution is 2.34. The summed E-state index contributed by atoms with van der Waals surface area (Å²) < 4.78 is 24.2. The van der Waals surface area contributed by atoms with Crippen LogP contribution in [-0.2, 0) is 9.84 Å². The van der Waals surface area contributed by atoms with Crippen LogP contribution in [0.2, 0.25) is 0 Å². The number of aromatic hydroxyl groups is 1. The normalized spacial score (nSPS) is 19.8. The maximum absolute atomic E-state index is 12.1. The summed E-state index contributed by atoms with van der Waals surface area (Å²) in [5.74, 6) is 0.408. The molecule has 4 nitrogen and oxygen atoms in total. The lowest BCUT2D eigenvalue weighted by atomic mass is 10.0. The van der Waals surface area contributed by atoms with Gasteiger partial charge in [-0.1, -0.05) is 18.2 Å². The highest BCUT2D eigenvalue weighted by atomic mass is 32.2. The lowest BCUT2D eigenvalue weighted by Crippen LogP contribution is -2.24. The standard InChI is InChI=1S/C16H17NO3S/c1-11-10-12(6-7-15(11)18)17-14-8-9-21(19,20)16-5-3-2-4-13(14)16/h2-7,10,14,17-18H,8-9H2,1H3. The van der Waals surface area contributed by atoms with Crippen LogP contribution in [0.4, 0.5) is 5.69 Å². The van der Waals surface area contributed by atoms with Gasteiger partial charge in [-0.25, -0.2) is 8.42 Å². The summed E-state index contributed by atoms with van der Waals surface area (Å²) >= 11 is 0. The zero-order chi connectivity index (χ0) is 15.0. The predicted octanol–water partition coefficient (Wildman–Crippen LogP) is 3.03. The number of phenols is 1. The van der Waals surface area contributed by atoms with Crippen molar-refractivity contribution in [2.75, 3.05) is 11.1 Å². The fourth-order valence-electron chi connectivity index (χ4n) is 2.69. The van der Waals surface area contributed by atoms with Gasteiger partial charge < -0.3 is 10.4 Å². The molecule has 2 N–H and O–H groups in total. The van der Waals surface area contributed by atoms with Gasteiger partial charge >= 0.3 is 0 Å². The maximum Gasteiger partial charge on any atom is 0.178 e. The summed E-state index contributed by atoms with van der Waals surface area (Å²) in [6.45, 7) is 1.83. The summed E-state index contributed by atoms with van der Waals surface area (Å²) in [6, 6.07) is 12.4. The van der Waals surface area contributed by atoms with Crippen LogP contribution in [0.1, 0.15) is 23.6 Å². The van der Waals surface area contributed by atoms with Crippen LogP contribution in [0.3, 0.4) is 0 Å². The summed E-state index contributed by atoms with van der Waals surface area (Å²) in [7, 11) is -3.16. The van der Waals surface area contributed by atoms with E-state index < -0.39 is 9.84 Å². The third-order valence-corrected chi connectivity index (χ3v) is 5.66. The first kappa shape index (κ1) is 13.9. The number of hydrogen-bond donors (Lipinski definition) is 2. The number of rotatable bonds is 2. The van der Waals surface area contributed by atoms with Gasteiger partial charge in [0.15, 0.2) is 9.84 Å². The highest BCUT2D eigenvalue weighted by Gasteiger charge is 2.29. The van der Waals surface area contributed by atoms with Crippen LogP contribution >= 0.6 is 0 Å². The van der Waals surface area contributed by atoms with Gasteiger partial charge in [-0.05, 0) is 48.7 Å². The van der Waals surface area contributed by atoms with Crippen LogP contribution in [-0.4, -0.2) is 19.3 Å². The molecule has 110 valence electrons. The molecule has 1 heterocycles. The molecule has 2 aromatic carbocycles. The molecular formula is C16H17NO3S. The monoisotopic (exact) mass is 303 g/mol. The third kappa shape index (κ3) is 2.61. The number of aryl methyl sites for hydroxylation is 1. The van der Waals surface area contributed by atoms with Gasteiger partial charge in [-0.2, -0.15) is 0 Å². The van der Waals surface area contributed by atoms with Crippen molar-refractivity contribution in [1.82, 2.24) is 0 Å². The molecule has 0 spiro atoms. The first-order valence-corrected chi connectivity index (χ1v) is 8.50. The van der Waals surface area contributed by atoms with E-state index in [1.807, 2.05) is 25.1 Å². The first-order chi connectivity index (χ1) is 9.97. The number of fused-ring (bicyclic) bond motifs is 1. The average Bonchev–Trinajstić information content (AvgIpc) is 2.46. The smallest absolute Gasteiger partial charge is 0.178 e. The number of phenolic OH excluding ortho intramolecular Hbond substituents is 1. The fraction of sp³-hybridized carbons (Fsp3) is 0.250. The summed E-state index contributed by atoms with van der Waals surface area (Å²) in [5, 5.41) is 12.9. The minimum Gasteiger partial charge on any atom is -0.508 e. The van der Waals surface area contributed by atoms with Gasteiger partial charge in [0.05, 0.1) is 16.7 Å². The second-order valence-electron chi connectivity index (χ2n) is 5.34. The second kappa shape index (κ2) is 5.07. The van der Waals surface area contributed by atoms with Gasteiger partial charge in [0.2, 0.25) is 0 Å². The molecule has 0 bridgehead atoms. The number of benzene rings is 2. The molecule has 0 aromatic heterocycles. The topological polar surface area (TPSA) is 66.4 Å². The van der Waals surface area contributed by atoms with Crippen LogP contribution in [0.15, 0.2) is 47.4 Å². The van der Waals surface area contributed by atoms with E-state index >= 15 is 0 Å². The SMILES string of the molecule is Cc1cc(NC2CCS(=O)(=O)c3ccccc32)ccc1O. The Balaban J connectivity index is 1.95. The van der Waals surface area contributed by atoms with E-state index in [0.29, 0.717) is 11.3 Å². The summed E-state index contributed by atoms with van der Waals surface area (Å²) in [4.78, 5) is 0.421. The van der Waals surface area contributed by atoms with E-state index in [2.05, 4.69) is 5.32 Å². The van der Waals surface area contributed by atoms with E-state index in [1.54, 1.807) is 24.3 Å². The Bertz CT molecular complexity index is 784. The van der Waals surface area contributed by atoms with Gasteiger partial charge in [-0.3, -0.25) is 0 Å². The van der Waals surface area contributed by atoms with E-state index in [0.717, 1.165) is 16.8 Å². The second-order valence-corrected chi connectivity index (χ2v) is 7.42. The number of nitrogens with one attached hydrogen (secondary N) is 1. The molecule has 1 aliphatic rings. The van der Waals surface area contributed by atoms with E-state index in [4.69, 9.17) is 0 Å². The highest BCUT2D eigenvalue weighted by molar-refractivity contribution is 7.91. The first-order valence-electron chi connectivity index (χ1n) is 6.85. The summed E-state index contributed by atoms with van der Waals surface area (Å²) in [5.41, 5.74) is 2.48. The molecule has 1 aliphatic heterocycles. The molecule has 0 amide bonds. The molecule has 3 rings (SSSR count). The molecule has 0 aliphatic carbocycles. The van der Waals surface area contributed by atoms with Crippen molar-refractivity contribution in [2.45, 2.75) is 24.3 Å². The Hall–Kier alpha value is -2.01. The minimum absolute atomic E-state index is 0.0336. The maximum atomic E-state index is 12.1. The predicted molar refractivity (Wildman–Crippen MR) is 82.3 cm³/mol. The molecule has 1 atom stereocenters. The molecule has 1 unspecified atom stereocenters. The van der Waals surface area contributed by atoms with Gasteiger partial charge in [-0.15, -0.1) is 0 Å². The quantitative estimate of drug-likeness (QED) is 0.837. The van der Waals surface area contributed by atoms with E-state index in [9.17, 15) is 13.5 Å². The number of hydrogen-bond acceptors (Lipinski definition) is 4. The molecule has 0 fully saturated rings. The van der Waals surface area contributed by atoms with E-state index in [-0.39, 0.29) is 17.5 Å². The van der Waals surface area contributed by atoms with Gasteiger partial charge in [0.1, 0.15) is 5.75 Å². The average molecular weight is 303 g/mol. The zero-order valence-electron chi connectivity index (χ0n) is 11.7. The van der Waals surface area contributed by atoms with Crippen molar-refractivity contribution in [3.05, 3.63) is 53.6 Å². The van der Waals surface area contributed by atoms with Crippen molar-refractivity contribution < 1.29 is 13.5 Å².